The van der Waals surface area contributed by atoms with Gasteiger partial charge in [0.1, 0.15) is 0 Å². The fourth-order valence-electron chi connectivity index (χ4n) is 1.02. The quantitative estimate of drug-likeness (QED) is 0.736. The number of aliphatic hydroxyl groups excluding tert-OH is 1. The van der Waals surface area contributed by atoms with E-state index in [0.717, 1.165) is 17.8 Å². The molecule has 0 aliphatic heterocycles. The first-order valence-corrected chi connectivity index (χ1v) is 4.49. The van der Waals surface area contributed by atoms with Crippen LogP contribution in [0.3, 0.4) is 0 Å². The zero-order chi connectivity index (χ0) is 9.68. The predicted octanol–water partition coefficient (Wildman–Crippen LogP) is 1.43. The zero-order valence-electron chi connectivity index (χ0n) is 8.12. The van der Waals surface area contributed by atoms with Crippen LogP contribution in [-0.4, -0.2) is 23.2 Å². The highest BCUT2D eigenvalue weighted by atomic mass is 16.3. The molecule has 0 radical (unpaired) electrons. The van der Waals surface area contributed by atoms with Gasteiger partial charge in [-0.05, 0) is 24.5 Å². The molecule has 1 rings (SSSR count). The van der Waals surface area contributed by atoms with E-state index in [1.807, 2.05) is 26.1 Å². The van der Waals surface area contributed by atoms with Crippen LogP contribution in [0, 0.1) is 12.8 Å². The van der Waals surface area contributed by atoms with Gasteiger partial charge in [0.15, 0.2) is 0 Å². The van der Waals surface area contributed by atoms with E-state index in [1.54, 1.807) is 6.20 Å². The van der Waals surface area contributed by atoms with Crippen LogP contribution in [0.15, 0.2) is 18.5 Å². The van der Waals surface area contributed by atoms with Gasteiger partial charge in [0.05, 0.1) is 0 Å². The fourth-order valence-corrected chi connectivity index (χ4v) is 1.02. The molecule has 0 spiro atoms. The van der Waals surface area contributed by atoms with Crippen LogP contribution in [-0.2, 0) is 0 Å². The zero-order valence-corrected chi connectivity index (χ0v) is 8.12. The molecule has 1 heterocycles. The molecule has 3 heteroatoms. The van der Waals surface area contributed by atoms with E-state index >= 15 is 0 Å². The molecule has 2 N–H and O–H groups in total. The molecule has 0 bridgehead atoms. The minimum absolute atomic E-state index is 0.219. The van der Waals surface area contributed by atoms with Crippen LogP contribution < -0.4 is 5.32 Å². The summed E-state index contributed by atoms with van der Waals surface area (Å²) in [6.45, 7) is 5.03. The monoisotopic (exact) mass is 180 g/mol. The van der Waals surface area contributed by atoms with E-state index in [1.165, 1.54) is 0 Å². The highest BCUT2D eigenvalue weighted by molar-refractivity contribution is 5.48. The highest BCUT2D eigenvalue weighted by Gasteiger charge is 2.00. The van der Waals surface area contributed by atoms with E-state index in [-0.39, 0.29) is 12.5 Å². The van der Waals surface area contributed by atoms with Crippen molar-refractivity contribution in [3.8, 4) is 0 Å². The number of pyridine rings is 1. The average Bonchev–Trinajstić information content (AvgIpc) is 2.16. The van der Waals surface area contributed by atoms with Crippen LogP contribution in [0.1, 0.15) is 12.5 Å². The van der Waals surface area contributed by atoms with E-state index in [0.29, 0.717) is 0 Å². The molecule has 1 aromatic rings. The summed E-state index contributed by atoms with van der Waals surface area (Å²) in [4.78, 5) is 4.00. The molecule has 13 heavy (non-hydrogen) atoms. The molecule has 1 atom stereocenters. The maximum Gasteiger partial charge on any atom is 0.0473 e. The molecule has 0 fully saturated rings. The van der Waals surface area contributed by atoms with Crippen molar-refractivity contribution in [2.45, 2.75) is 13.8 Å². The Kier molecular flexibility index (Phi) is 3.71. The SMILES string of the molecule is Cc1cnccc1NCC(C)CO. The summed E-state index contributed by atoms with van der Waals surface area (Å²) in [6, 6.07) is 1.94. The van der Waals surface area contributed by atoms with Gasteiger partial charge in [-0.3, -0.25) is 4.98 Å². The third kappa shape index (κ3) is 3.03. The maximum atomic E-state index is 8.83. The molecule has 0 aromatic carbocycles. The standard InChI is InChI=1S/C10H16N2O/c1-8(7-13)5-12-10-3-4-11-6-9(10)2/h3-4,6,8,13H,5,7H2,1-2H3,(H,11,12). The Bertz CT molecular complexity index is 263. The summed E-state index contributed by atoms with van der Waals surface area (Å²) in [6.07, 6.45) is 3.59. The van der Waals surface area contributed by atoms with Gasteiger partial charge in [0.25, 0.3) is 0 Å². The minimum Gasteiger partial charge on any atom is -0.396 e. The lowest BCUT2D eigenvalue weighted by atomic mass is 10.2. The van der Waals surface area contributed by atoms with Gasteiger partial charge in [-0.1, -0.05) is 6.92 Å². The van der Waals surface area contributed by atoms with Crippen molar-refractivity contribution in [3.63, 3.8) is 0 Å². The van der Waals surface area contributed by atoms with Gasteiger partial charge in [-0.15, -0.1) is 0 Å². The molecule has 0 saturated carbocycles. The Labute approximate surface area is 78.8 Å². The fraction of sp³-hybridized carbons (Fsp3) is 0.500. The lowest BCUT2D eigenvalue weighted by molar-refractivity contribution is 0.244. The van der Waals surface area contributed by atoms with Crippen molar-refractivity contribution >= 4 is 5.69 Å². The van der Waals surface area contributed by atoms with Crippen LogP contribution >= 0.6 is 0 Å². The van der Waals surface area contributed by atoms with Crippen LogP contribution in [0.5, 0.6) is 0 Å². The van der Waals surface area contributed by atoms with Gasteiger partial charge in [0.2, 0.25) is 0 Å². The summed E-state index contributed by atoms with van der Waals surface area (Å²) in [7, 11) is 0. The van der Waals surface area contributed by atoms with E-state index in [9.17, 15) is 0 Å². The number of aryl methyl sites for hydroxylation is 1. The molecule has 1 aromatic heterocycles. The number of rotatable bonds is 4. The van der Waals surface area contributed by atoms with E-state index in [2.05, 4.69) is 10.3 Å². The van der Waals surface area contributed by atoms with E-state index < -0.39 is 0 Å². The third-order valence-electron chi connectivity index (χ3n) is 1.97. The lowest BCUT2D eigenvalue weighted by Gasteiger charge is -2.12. The first kappa shape index (κ1) is 9.99. The highest BCUT2D eigenvalue weighted by Crippen LogP contribution is 2.11. The van der Waals surface area contributed by atoms with Gasteiger partial charge in [0, 0.05) is 31.2 Å². The van der Waals surface area contributed by atoms with Gasteiger partial charge in [-0.2, -0.15) is 0 Å². The van der Waals surface area contributed by atoms with Crippen molar-refractivity contribution in [1.29, 1.82) is 0 Å². The van der Waals surface area contributed by atoms with Crippen molar-refractivity contribution in [1.82, 2.24) is 4.98 Å². The summed E-state index contributed by atoms with van der Waals surface area (Å²) in [5, 5.41) is 12.1. The van der Waals surface area contributed by atoms with Crippen molar-refractivity contribution < 1.29 is 5.11 Å². The van der Waals surface area contributed by atoms with Crippen molar-refractivity contribution in [2.75, 3.05) is 18.5 Å². The molecule has 0 aliphatic rings. The molecule has 1 unspecified atom stereocenters. The number of anilines is 1. The summed E-state index contributed by atoms with van der Waals surface area (Å²) in [5.74, 6) is 0.285. The largest absolute Gasteiger partial charge is 0.396 e. The van der Waals surface area contributed by atoms with Crippen molar-refractivity contribution in [3.05, 3.63) is 24.0 Å². The average molecular weight is 180 g/mol. The molecular weight excluding hydrogens is 164 g/mol. The van der Waals surface area contributed by atoms with Gasteiger partial charge < -0.3 is 10.4 Å². The Morgan fingerprint density at radius 2 is 2.38 bits per heavy atom. The minimum atomic E-state index is 0.219. The third-order valence-corrected chi connectivity index (χ3v) is 1.97. The maximum absolute atomic E-state index is 8.83. The number of aromatic nitrogens is 1. The first-order valence-electron chi connectivity index (χ1n) is 4.49. The summed E-state index contributed by atoms with van der Waals surface area (Å²) < 4.78 is 0. The molecule has 3 nitrogen and oxygen atoms in total. The van der Waals surface area contributed by atoms with Crippen molar-refractivity contribution in [2.24, 2.45) is 5.92 Å². The molecular formula is C10H16N2O. The number of nitrogens with zero attached hydrogens (tertiary/aromatic N) is 1. The second kappa shape index (κ2) is 4.82. The smallest absolute Gasteiger partial charge is 0.0473 e. The molecule has 0 amide bonds. The lowest BCUT2D eigenvalue weighted by Crippen LogP contribution is -2.14. The summed E-state index contributed by atoms with van der Waals surface area (Å²) >= 11 is 0. The molecule has 72 valence electrons. The number of nitrogens with one attached hydrogen (secondary N) is 1. The van der Waals surface area contributed by atoms with Crippen LogP contribution in [0.25, 0.3) is 0 Å². The Morgan fingerprint density at radius 1 is 1.62 bits per heavy atom. The van der Waals surface area contributed by atoms with Crippen LogP contribution in [0.2, 0.25) is 0 Å². The second-order valence-corrected chi connectivity index (χ2v) is 3.36. The Balaban J connectivity index is 2.50. The number of hydrogen-bond donors (Lipinski definition) is 2. The number of hydrogen-bond acceptors (Lipinski definition) is 3. The topological polar surface area (TPSA) is 45.2 Å². The second-order valence-electron chi connectivity index (χ2n) is 3.36. The molecule has 0 aliphatic carbocycles. The Hall–Kier alpha value is -1.09. The Morgan fingerprint density at radius 3 is 3.00 bits per heavy atom. The van der Waals surface area contributed by atoms with Gasteiger partial charge >= 0.3 is 0 Å². The number of aliphatic hydroxyl groups is 1. The summed E-state index contributed by atoms with van der Waals surface area (Å²) in [5.41, 5.74) is 2.22. The van der Waals surface area contributed by atoms with Gasteiger partial charge in [-0.25, -0.2) is 0 Å². The molecule has 0 saturated heterocycles. The normalized spacial score (nSPS) is 12.5. The first-order chi connectivity index (χ1) is 6.24. The van der Waals surface area contributed by atoms with Crippen LogP contribution in [0.4, 0.5) is 5.69 Å². The van der Waals surface area contributed by atoms with E-state index in [4.69, 9.17) is 5.11 Å². The predicted molar refractivity (Wildman–Crippen MR) is 53.7 cm³/mol.